The fourth-order valence-corrected chi connectivity index (χ4v) is 2.59. The molecule has 1 saturated heterocycles. The first-order chi connectivity index (χ1) is 8.27. The molecule has 1 aromatic rings. The van der Waals surface area contributed by atoms with E-state index >= 15 is 0 Å². The van der Waals surface area contributed by atoms with Gasteiger partial charge in [-0.15, -0.1) is 0 Å². The molecule has 1 aliphatic heterocycles. The van der Waals surface area contributed by atoms with Crippen LogP contribution in [-0.4, -0.2) is 29.4 Å². The predicted molar refractivity (Wildman–Crippen MR) is 69.1 cm³/mol. The summed E-state index contributed by atoms with van der Waals surface area (Å²) < 4.78 is 0. The van der Waals surface area contributed by atoms with Gasteiger partial charge in [0.15, 0.2) is 0 Å². The van der Waals surface area contributed by atoms with E-state index in [1.165, 1.54) is 0 Å². The Labute approximate surface area is 103 Å². The van der Waals surface area contributed by atoms with Gasteiger partial charge in [0.05, 0.1) is 18.8 Å². The Bertz CT molecular complexity index is 367. The van der Waals surface area contributed by atoms with Crippen molar-refractivity contribution in [2.45, 2.75) is 38.3 Å². The Hall–Kier alpha value is -1.06. The lowest BCUT2D eigenvalue weighted by Gasteiger charge is -2.28. The van der Waals surface area contributed by atoms with Crippen molar-refractivity contribution in [3.8, 4) is 0 Å². The Morgan fingerprint density at radius 2 is 2.18 bits per heavy atom. The number of hydrogen-bond acceptors (Lipinski definition) is 3. The summed E-state index contributed by atoms with van der Waals surface area (Å²) in [6.07, 6.45) is 2.45. The average Bonchev–Trinajstić information content (AvgIpc) is 2.86. The van der Waals surface area contributed by atoms with Gasteiger partial charge in [-0.1, -0.05) is 25.1 Å². The van der Waals surface area contributed by atoms with Gasteiger partial charge in [0, 0.05) is 17.8 Å². The van der Waals surface area contributed by atoms with Crippen LogP contribution in [0, 0.1) is 0 Å². The number of benzene rings is 1. The summed E-state index contributed by atoms with van der Waals surface area (Å²) in [7, 11) is 0. The maximum Gasteiger partial charge on any atom is 0.0807 e. The van der Waals surface area contributed by atoms with Gasteiger partial charge in [-0.2, -0.15) is 0 Å². The standard InChI is InChI=1S/C14H21NO2/c1-2-14(17)12-7-3-4-8-13(12)15-9-5-6-11(15)10-16/h3-4,7-8,11,14,16-17H,2,5-6,9-10H2,1H3/t11?,14-/m0/s1. The Morgan fingerprint density at radius 3 is 2.88 bits per heavy atom. The van der Waals surface area contributed by atoms with Gasteiger partial charge in [-0.3, -0.25) is 0 Å². The quantitative estimate of drug-likeness (QED) is 0.840. The number of aliphatic hydroxyl groups excluding tert-OH is 2. The van der Waals surface area contributed by atoms with Crippen molar-refractivity contribution in [2.24, 2.45) is 0 Å². The summed E-state index contributed by atoms with van der Waals surface area (Å²) in [5.74, 6) is 0. The van der Waals surface area contributed by atoms with Crippen LogP contribution in [0.1, 0.15) is 37.9 Å². The fraction of sp³-hybridized carbons (Fsp3) is 0.571. The molecule has 2 atom stereocenters. The maximum atomic E-state index is 10.0. The van der Waals surface area contributed by atoms with Gasteiger partial charge in [0.1, 0.15) is 0 Å². The van der Waals surface area contributed by atoms with Crippen LogP contribution in [0.15, 0.2) is 24.3 Å². The smallest absolute Gasteiger partial charge is 0.0807 e. The molecule has 3 heteroatoms. The van der Waals surface area contributed by atoms with Gasteiger partial charge in [-0.05, 0) is 25.3 Å². The molecule has 0 amide bonds. The Balaban J connectivity index is 2.31. The molecular weight excluding hydrogens is 214 g/mol. The van der Waals surface area contributed by atoms with E-state index < -0.39 is 6.10 Å². The van der Waals surface area contributed by atoms with E-state index in [0.717, 1.165) is 30.6 Å². The number of aliphatic hydroxyl groups is 2. The van der Waals surface area contributed by atoms with Crippen LogP contribution in [0.25, 0.3) is 0 Å². The summed E-state index contributed by atoms with van der Waals surface area (Å²) in [5.41, 5.74) is 2.06. The molecule has 3 nitrogen and oxygen atoms in total. The Morgan fingerprint density at radius 1 is 1.41 bits per heavy atom. The molecule has 2 rings (SSSR count). The first-order valence-electron chi connectivity index (χ1n) is 6.42. The molecule has 0 bridgehead atoms. The topological polar surface area (TPSA) is 43.7 Å². The first-order valence-corrected chi connectivity index (χ1v) is 6.42. The summed E-state index contributed by atoms with van der Waals surface area (Å²) in [6, 6.07) is 8.19. The number of nitrogens with zero attached hydrogens (tertiary/aromatic N) is 1. The van der Waals surface area contributed by atoms with E-state index in [2.05, 4.69) is 4.90 Å². The summed E-state index contributed by atoms with van der Waals surface area (Å²) in [6.45, 7) is 3.14. The lowest BCUT2D eigenvalue weighted by Crippen LogP contribution is -2.33. The van der Waals surface area contributed by atoms with Crippen molar-refractivity contribution in [3.05, 3.63) is 29.8 Å². The molecule has 17 heavy (non-hydrogen) atoms. The van der Waals surface area contributed by atoms with E-state index in [0.29, 0.717) is 6.42 Å². The van der Waals surface area contributed by atoms with Crippen molar-refractivity contribution in [1.82, 2.24) is 0 Å². The molecule has 94 valence electrons. The van der Waals surface area contributed by atoms with Crippen molar-refractivity contribution >= 4 is 5.69 Å². The van der Waals surface area contributed by atoms with Crippen LogP contribution >= 0.6 is 0 Å². The van der Waals surface area contributed by atoms with E-state index in [1.807, 2.05) is 31.2 Å². The molecule has 0 saturated carbocycles. The molecule has 0 spiro atoms. The highest BCUT2D eigenvalue weighted by molar-refractivity contribution is 5.56. The van der Waals surface area contributed by atoms with Crippen LogP contribution in [-0.2, 0) is 0 Å². The normalized spacial score (nSPS) is 21.8. The minimum atomic E-state index is -0.411. The number of rotatable bonds is 4. The van der Waals surface area contributed by atoms with Gasteiger partial charge in [0.25, 0.3) is 0 Å². The summed E-state index contributed by atoms with van der Waals surface area (Å²) in [4.78, 5) is 2.23. The van der Waals surface area contributed by atoms with Crippen molar-refractivity contribution in [2.75, 3.05) is 18.1 Å². The largest absolute Gasteiger partial charge is 0.394 e. The SMILES string of the molecule is CC[C@H](O)c1ccccc1N1CCCC1CO. The number of hydrogen-bond donors (Lipinski definition) is 2. The molecule has 1 unspecified atom stereocenters. The second kappa shape index (κ2) is 5.52. The van der Waals surface area contributed by atoms with Crippen molar-refractivity contribution in [3.63, 3.8) is 0 Å². The van der Waals surface area contributed by atoms with Gasteiger partial charge in [0.2, 0.25) is 0 Å². The molecule has 0 aliphatic carbocycles. The maximum absolute atomic E-state index is 10.0. The highest BCUT2D eigenvalue weighted by Crippen LogP contribution is 2.32. The van der Waals surface area contributed by atoms with E-state index in [1.54, 1.807) is 0 Å². The molecule has 1 aliphatic rings. The molecule has 1 aromatic carbocycles. The zero-order valence-corrected chi connectivity index (χ0v) is 10.3. The van der Waals surface area contributed by atoms with Crippen LogP contribution in [0.2, 0.25) is 0 Å². The van der Waals surface area contributed by atoms with Crippen LogP contribution < -0.4 is 4.90 Å². The monoisotopic (exact) mass is 235 g/mol. The minimum absolute atomic E-state index is 0.191. The second-order valence-electron chi connectivity index (χ2n) is 4.65. The molecule has 2 N–H and O–H groups in total. The summed E-state index contributed by atoms with van der Waals surface area (Å²) in [5, 5.41) is 19.4. The van der Waals surface area contributed by atoms with Crippen LogP contribution in [0.5, 0.6) is 0 Å². The van der Waals surface area contributed by atoms with Gasteiger partial charge >= 0.3 is 0 Å². The molecule has 1 fully saturated rings. The summed E-state index contributed by atoms with van der Waals surface area (Å²) >= 11 is 0. The first kappa shape index (κ1) is 12.4. The van der Waals surface area contributed by atoms with Crippen LogP contribution in [0.4, 0.5) is 5.69 Å². The Kier molecular flexibility index (Phi) is 4.02. The van der Waals surface area contributed by atoms with E-state index in [4.69, 9.17) is 0 Å². The van der Waals surface area contributed by atoms with E-state index in [9.17, 15) is 10.2 Å². The van der Waals surface area contributed by atoms with Gasteiger partial charge in [-0.25, -0.2) is 0 Å². The lowest BCUT2D eigenvalue weighted by atomic mass is 10.0. The highest BCUT2D eigenvalue weighted by Gasteiger charge is 2.26. The third-order valence-electron chi connectivity index (χ3n) is 3.58. The second-order valence-corrected chi connectivity index (χ2v) is 4.65. The number of para-hydroxylation sites is 1. The van der Waals surface area contributed by atoms with Gasteiger partial charge < -0.3 is 15.1 Å². The van der Waals surface area contributed by atoms with Crippen molar-refractivity contribution < 1.29 is 10.2 Å². The lowest BCUT2D eigenvalue weighted by molar-refractivity contribution is 0.173. The average molecular weight is 235 g/mol. The zero-order chi connectivity index (χ0) is 12.3. The highest BCUT2D eigenvalue weighted by atomic mass is 16.3. The van der Waals surface area contributed by atoms with Crippen molar-refractivity contribution in [1.29, 1.82) is 0 Å². The molecular formula is C14H21NO2. The van der Waals surface area contributed by atoms with Crippen LogP contribution in [0.3, 0.4) is 0 Å². The minimum Gasteiger partial charge on any atom is -0.394 e. The molecule has 0 aromatic heterocycles. The zero-order valence-electron chi connectivity index (χ0n) is 10.3. The molecule has 1 heterocycles. The molecule has 0 radical (unpaired) electrons. The van der Waals surface area contributed by atoms with E-state index in [-0.39, 0.29) is 12.6 Å². The third kappa shape index (κ3) is 2.45. The predicted octanol–water partition coefficient (Wildman–Crippen LogP) is 2.09. The number of anilines is 1. The third-order valence-corrected chi connectivity index (χ3v) is 3.58. The fourth-order valence-electron chi connectivity index (χ4n) is 2.59.